The molecule has 0 amide bonds. The Kier molecular flexibility index (Phi) is 3.19. The third kappa shape index (κ3) is 2.21. The highest BCUT2D eigenvalue weighted by molar-refractivity contribution is 5.22. The molecule has 102 valence electrons. The van der Waals surface area contributed by atoms with E-state index in [1.54, 1.807) is 0 Å². The number of furan rings is 1. The highest BCUT2D eigenvalue weighted by atomic mass is 16.3. The van der Waals surface area contributed by atoms with Crippen LogP contribution in [0.4, 0.5) is 0 Å². The van der Waals surface area contributed by atoms with Crippen LogP contribution in [0.1, 0.15) is 48.7 Å². The largest absolute Gasteiger partial charge is 0.464 e. The van der Waals surface area contributed by atoms with Crippen molar-refractivity contribution in [2.24, 2.45) is 5.73 Å². The lowest BCUT2D eigenvalue weighted by Crippen LogP contribution is -2.31. The van der Waals surface area contributed by atoms with Crippen molar-refractivity contribution >= 4 is 0 Å². The Morgan fingerprint density at radius 3 is 2.79 bits per heavy atom. The van der Waals surface area contributed by atoms with E-state index in [1.807, 2.05) is 32.3 Å². The zero-order valence-corrected chi connectivity index (χ0v) is 11.6. The molecule has 2 N–H and O–H groups in total. The van der Waals surface area contributed by atoms with Crippen LogP contribution < -0.4 is 5.73 Å². The molecule has 0 aliphatic heterocycles. The second-order valence-corrected chi connectivity index (χ2v) is 5.50. The summed E-state index contributed by atoms with van der Waals surface area (Å²) < 4.78 is 8.01. The molecule has 2 unspecified atom stereocenters. The van der Waals surface area contributed by atoms with E-state index in [-0.39, 0.29) is 12.1 Å². The van der Waals surface area contributed by atoms with E-state index >= 15 is 0 Å². The van der Waals surface area contributed by atoms with Crippen LogP contribution in [0.15, 0.2) is 22.9 Å². The summed E-state index contributed by atoms with van der Waals surface area (Å²) in [6.07, 6.45) is 6.60. The summed E-state index contributed by atoms with van der Waals surface area (Å²) in [5.74, 6) is 1.85. The van der Waals surface area contributed by atoms with Crippen LogP contribution in [0.25, 0.3) is 0 Å². The van der Waals surface area contributed by atoms with Gasteiger partial charge < -0.3 is 14.7 Å². The minimum Gasteiger partial charge on any atom is -0.464 e. The number of rotatable bonds is 3. The zero-order valence-electron chi connectivity index (χ0n) is 11.6. The lowest BCUT2D eigenvalue weighted by Gasteiger charge is -2.24. The second kappa shape index (κ2) is 4.85. The molecular formula is C15H21N3O. The van der Waals surface area contributed by atoms with Crippen molar-refractivity contribution in [3.63, 3.8) is 0 Å². The molecule has 1 aliphatic carbocycles. The minimum atomic E-state index is -0.00854. The summed E-state index contributed by atoms with van der Waals surface area (Å²) in [5, 5.41) is 0. The third-order valence-electron chi connectivity index (χ3n) is 3.91. The van der Waals surface area contributed by atoms with Gasteiger partial charge >= 0.3 is 0 Å². The van der Waals surface area contributed by atoms with Gasteiger partial charge in [-0.15, -0.1) is 0 Å². The van der Waals surface area contributed by atoms with Crippen molar-refractivity contribution in [3.05, 3.63) is 41.4 Å². The molecule has 2 aromatic heterocycles. The summed E-state index contributed by atoms with van der Waals surface area (Å²) in [6.45, 7) is 3.99. The Labute approximate surface area is 113 Å². The molecule has 0 spiro atoms. The first-order valence-corrected chi connectivity index (χ1v) is 7.03. The first kappa shape index (κ1) is 12.5. The van der Waals surface area contributed by atoms with Gasteiger partial charge in [0.25, 0.3) is 0 Å². The van der Waals surface area contributed by atoms with Crippen LogP contribution in [0.5, 0.6) is 0 Å². The molecule has 4 nitrogen and oxygen atoms in total. The molecule has 3 rings (SSSR count). The van der Waals surface area contributed by atoms with Crippen LogP contribution in [0.2, 0.25) is 0 Å². The Hall–Kier alpha value is -1.55. The number of hydrogen-bond acceptors (Lipinski definition) is 3. The van der Waals surface area contributed by atoms with Gasteiger partial charge in [-0.25, -0.2) is 4.98 Å². The molecule has 4 heteroatoms. The maximum Gasteiger partial charge on any atom is 0.128 e. The normalized spacial score (nSPS) is 18.1. The van der Waals surface area contributed by atoms with Crippen molar-refractivity contribution in [2.45, 2.75) is 51.6 Å². The van der Waals surface area contributed by atoms with Crippen molar-refractivity contribution in [3.8, 4) is 0 Å². The lowest BCUT2D eigenvalue weighted by molar-refractivity contribution is 0.372. The van der Waals surface area contributed by atoms with Crippen LogP contribution in [-0.2, 0) is 12.8 Å². The number of nitrogens with two attached hydrogens (primary N) is 1. The Bertz CT molecular complexity index is 568. The quantitative estimate of drug-likeness (QED) is 0.921. The second-order valence-electron chi connectivity index (χ2n) is 5.50. The molecule has 2 heterocycles. The average Bonchev–Trinajstić information content (AvgIpc) is 2.98. The predicted molar refractivity (Wildman–Crippen MR) is 74.1 cm³/mol. The van der Waals surface area contributed by atoms with Gasteiger partial charge in [0.1, 0.15) is 17.6 Å². The number of nitrogens with zero attached hydrogens (tertiary/aromatic N) is 2. The topological polar surface area (TPSA) is 57.0 Å². The Morgan fingerprint density at radius 2 is 2.11 bits per heavy atom. The molecule has 19 heavy (non-hydrogen) atoms. The van der Waals surface area contributed by atoms with Gasteiger partial charge in [0.2, 0.25) is 0 Å². The van der Waals surface area contributed by atoms with Crippen molar-refractivity contribution in [1.29, 1.82) is 0 Å². The molecule has 0 aromatic carbocycles. The van der Waals surface area contributed by atoms with Gasteiger partial charge in [-0.05, 0) is 51.7 Å². The number of fused-ring (bicyclic) bond motifs is 1. The third-order valence-corrected chi connectivity index (χ3v) is 3.91. The lowest BCUT2D eigenvalue weighted by atomic mass is 9.99. The highest BCUT2D eigenvalue weighted by Gasteiger charge is 2.26. The smallest absolute Gasteiger partial charge is 0.128 e. The molecular weight excluding hydrogens is 238 g/mol. The highest BCUT2D eigenvalue weighted by Crippen LogP contribution is 2.29. The minimum absolute atomic E-state index is 0.00854. The first-order chi connectivity index (χ1) is 9.16. The van der Waals surface area contributed by atoms with E-state index in [0.29, 0.717) is 0 Å². The van der Waals surface area contributed by atoms with Crippen LogP contribution >= 0.6 is 0 Å². The van der Waals surface area contributed by atoms with Crippen LogP contribution in [0.3, 0.4) is 0 Å². The van der Waals surface area contributed by atoms with Gasteiger partial charge in [0.15, 0.2) is 0 Å². The fraction of sp³-hybridized carbons (Fsp3) is 0.533. The summed E-state index contributed by atoms with van der Waals surface area (Å²) >= 11 is 0. The molecule has 2 atom stereocenters. The molecule has 1 aliphatic rings. The van der Waals surface area contributed by atoms with Crippen LogP contribution in [0, 0.1) is 6.92 Å². The first-order valence-electron chi connectivity index (χ1n) is 7.03. The Balaban J connectivity index is 2.03. The van der Waals surface area contributed by atoms with E-state index in [2.05, 4.69) is 9.55 Å². The SMILES string of the molecule is Cc1ccc(C(C(C)N)n2cnc3c2CCCC3)o1. The van der Waals surface area contributed by atoms with Crippen molar-refractivity contribution < 1.29 is 4.42 Å². The number of hydrogen-bond donors (Lipinski definition) is 1. The summed E-state index contributed by atoms with van der Waals surface area (Å²) in [4.78, 5) is 4.56. The van der Waals surface area contributed by atoms with E-state index in [1.165, 1.54) is 24.2 Å². The van der Waals surface area contributed by atoms with E-state index in [0.717, 1.165) is 24.4 Å². The maximum atomic E-state index is 6.19. The van der Waals surface area contributed by atoms with Gasteiger partial charge in [-0.3, -0.25) is 0 Å². The number of aromatic nitrogens is 2. The van der Waals surface area contributed by atoms with Gasteiger partial charge in [0, 0.05) is 11.7 Å². The van der Waals surface area contributed by atoms with E-state index < -0.39 is 0 Å². The average molecular weight is 259 g/mol. The molecule has 0 saturated heterocycles. The van der Waals surface area contributed by atoms with E-state index in [9.17, 15) is 0 Å². The fourth-order valence-corrected chi connectivity index (χ4v) is 2.99. The number of imidazole rings is 1. The summed E-state index contributed by atoms with van der Waals surface area (Å²) in [6, 6.07) is 4.06. The molecule has 0 bridgehead atoms. The maximum absolute atomic E-state index is 6.19. The van der Waals surface area contributed by atoms with Crippen molar-refractivity contribution in [1.82, 2.24) is 9.55 Å². The van der Waals surface area contributed by atoms with Crippen molar-refractivity contribution in [2.75, 3.05) is 0 Å². The fourth-order valence-electron chi connectivity index (χ4n) is 2.99. The monoisotopic (exact) mass is 259 g/mol. The molecule has 0 radical (unpaired) electrons. The van der Waals surface area contributed by atoms with Gasteiger partial charge in [-0.2, -0.15) is 0 Å². The number of aryl methyl sites for hydroxylation is 2. The van der Waals surface area contributed by atoms with Gasteiger partial charge in [0.05, 0.1) is 12.0 Å². The van der Waals surface area contributed by atoms with Crippen LogP contribution in [-0.4, -0.2) is 15.6 Å². The summed E-state index contributed by atoms with van der Waals surface area (Å²) in [5.41, 5.74) is 8.77. The molecule has 0 saturated carbocycles. The molecule has 0 fully saturated rings. The predicted octanol–water partition coefficient (Wildman–Crippen LogP) is 2.60. The standard InChI is InChI=1S/C15H21N3O/c1-10-7-8-14(19-10)15(11(2)16)18-9-17-12-5-3-4-6-13(12)18/h7-9,11,15H,3-6,16H2,1-2H3. The molecule has 2 aromatic rings. The summed E-state index contributed by atoms with van der Waals surface area (Å²) in [7, 11) is 0. The zero-order chi connectivity index (χ0) is 13.4. The Morgan fingerprint density at radius 1 is 1.32 bits per heavy atom. The van der Waals surface area contributed by atoms with E-state index in [4.69, 9.17) is 10.2 Å². The van der Waals surface area contributed by atoms with Gasteiger partial charge in [-0.1, -0.05) is 0 Å².